The molecular formula is C20H25N3O4. The Morgan fingerprint density at radius 2 is 1.89 bits per heavy atom. The third-order valence-corrected chi connectivity index (χ3v) is 5.91. The molecule has 0 spiro atoms. The number of hydrogen-bond donors (Lipinski definition) is 2. The number of nitrogens with two attached hydrogens (primary N) is 1. The van der Waals surface area contributed by atoms with E-state index in [-0.39, 0.29) is 23.4 Å². The van der Waals surface area contributed by atoms with Gasteiger partial charge in [0.25, 0.3) is 5.69 Å². The number of carbonyl (C=O) groups is 2. The zero-order chi connectivity index (χ0) is 19.9. The first-order valence-corrected chi connectivity index (χ1v) is 9.30. The molecule has 0 fully saturated rings. The maximum absolute atomic E-state index is 12.8. The highest BCUT2D eigenvalue weighted by Crippen LogP contribution is 2.48. The summed E-state index contributed by atoms with van der Waals surface area (Å²) in [6.07, 6.45) is 1.94. The quantitative estimate of drug-likeness (QED) is 0.481. The molecule has 3 N–H and O–H groups in total. The second-order valence-electron chi connectivity index (χ2n) is 7.89. The summed E-state index contributed by atoms with van der Waals surface area (Å²) < 4.78 is 0. The number of primary amides is 1. The van der Waals surface area contributed by atoms with E-state index < -0.39 is 22.7 Å². The van der Waals surface area contributed by atoms with Crippen molar-refractivity contribution in [2.45, 2.75) is 39.5 Å². The topological polar surface area (TPSA) is 115 Å². The van der Waals surface area contributed by atoms with Gasteiger partial charge in [-0.3, -0.25) is 19.7 Å². The van der Waals surface area contributed by atoms with Crippen LogP contribution in [0.15, 0.2) is 35.5 Å². The van der Waals surface area contributed by atoms with E-state index >= 15 is 0 Å². The van der Waals surface area contributed by atoms with Crippen LogP contribution < -0.4 is 11.1 Å². The minimum atomic E-state index is -1.02. The first kappa shape index (κ1) is 19.1. The number of nitrogens with one attached hydrogen (secondary N) is 1. The molecule has 7 heteroatoms. The number of nitro benzene ring substituents is 1. The molecule has 0 radical (unpaired) electrons. The summed E-state index contributed by atoms with van der Waals surface area (Å²) in [5, 5.41) is 13.9. The van der Waals surface area contributed by atoms with Crippen LogP contribution in [0.2, 0.25) is 0 Å². The number of nitro groups is 1. The van der Waals surface area contributed by atoms with E-state index in [9.17, 15) is 19.7 Å². The molecule has 0 aromatic heterocycles. The van der Waals surface area contributed by atoms with Crippen molar-refractivity contribution in [1.82, 2.24) is 5.32 Å². The number of carbonyl (C=O) groups excluding carboxylic acids is 2. The number of allylic oxidation sites excluding steroid dienone is 2. The highest BCUT2D eigenvalue weighted by atomic mass is 16.6. The van der Waals surface area contributed by atoms with Gasteiger partial charge >= 0.3 is 0 Å². The van der Waals surface area contributed by atoms with Crippen LogP contribution in [0.25, 0.3) is 0 Å². The highest BCUT2D eigenvalue weighted by Gasteiger charge is 2.46. The fourth-order valence-corrected chi connectivity index (χ4v) is 4.52. The molecule has 1 aromatic carbocycles. The molecule has 0 saturated heterocycles. The van der Waals surface area contributed by atoms with Gasteiger partial charge in [0.05, 0.1) is 4.92 Å². The molecule has 2 amide bonds. The predicted molar refractivity (Wildman–Crippen MR) is 100 cm³/mol. The van der Waals surface area contributed by atoms with Crippen LogP contribution >= 0.6 is 0 Å². The molecule has 0 saturated carbocycles. The van der Waals surface area contributed by atoms with Crippen LogP contribution in [-0.2, 0) is 9.59 Å². The van der Waals surface area contributed by atoms with Gasteiger partial charge in [-0.15, -0.1) is 0 Å². The Balaban J connectivity index is 2.17. The third-order valence-electron chi connectivity index (χ3n) is 5.91. The SMILES string of the molecule is CC1CCC(C(C)C)C2=C1C(c1ccc([N+](=O)[O-])cc1)C(C(N)=O)C(=O)N2. The number of nitrogens with zero attached hydrogens (tertiary/aromatic N) is 1. The Hall–Kier alpha value is -2.70. The van der Waals surface area contributed by atoms with Gasteiger partial charge in [-0.2, -0.15) is 0 Å². The maximum atomic E-state index is 12.8. The van der Waals surface area contributed by atoms with E-state index in [2.05, 4.69) is 26.1 Å². The molecule has 3 rings (SSSR count). The Morgan fingerprint density at radius 3 is 2.41 bits per heavy atom. The summed E-state index contributed by atoms with van der Waals surface area (Å²) >= 11 is 0. The molecule has 144 valence electrons. The van der Waals surface area contributed by atoms with Crippen molar-refractivity contribution in [2.75, 3.05) is 0 Å². The summed E-state index contributed by atoms with van der Waals surface area (Å²) in [5.74, 6) is -1.80. The first-order chi connectivity index (χ1) is 12.7. The van der Waals surface area contributed by atoms with Gasteiger partial charge in [0.1, 0.15) is 5.92 Å². The van der Waals surface area contributed by atoms with Gasteiger partial charge in [-0.05, 0) is 35.8 Å². The fraction of sp³-hybridized carbons (Fsp3) is 0.500. The van der Waals surface area contributed by atoms with Gasteiger partial charge < -0.3 is 11.1 Å². The van der Waals surface area contributed by atoms with E-state index in [0.29, 0.717) is 11.5 Å². The van der Waals surface area contributed by atoms with E-state index in [1.165, 1.54) is 12.1 Å². The number of amides is 2. The predicted octanol–water partition coefficient (Wildman–Crippen LogP) is 2.87. The fourth-order valence-electron chi connectivity index (χ4n) is 4.52. The lowest BCUT2D eigenvalue weighted by Crippen LogP contribution is -2.50. The van der Waals surface area contributed by atoms with Gasteiger partial charge in [0.2, 0.25) is 11.8 Å². The minimum absolute atomic E-state index is 0.0272. The van der Waals surface area contributed by atoms with E-state index in [0.717, 1.165) is 24.1 Å². The van der Waals surface area contributed by atoms with E-state index in [4.69, 9.17) is 5.73 Å². The molecule has 27 heavy (non-hydrogen) atoms. The number of rotatable bonds is 4. The number of hydrogen-bond acceptors (Lipinski definition) is 4. The van der Waals surface area contributed by atoms with E-state index in [1.54, 1.807) is 12.1 Å². The molecule has 1 aromatic rings. The van der Waals surface area contributed by atoms with Crippen LogP contribution in [-0.4, -0.2) is 16.7 Å². The lowest BCUT2D eigenvalue weighted by atomic mass is 9.65. The van der Waals surface area contributed by atoms with Gasteiger partial charge in [0.15, 0.2) is 0 Å². The number of non-ortho nitro benzene ring substituents is 1. The Bertz CT molecular complexity index is 813. The van der Waals surface area contributed by atoms with Crippen molar-refractivity contribution >= 4 is 17.5 Å². The lowest BCUT2D eigenvalue weighted by Gasteiger charge is -2.43. The molecule has 1 aliphatic heterocycles. The normalized spacial score (nSPS) is 27.9. The van der Waals surface area contributed by atoms with Crippen molar-refractivity contribution in [3.8, 4) is 0 Å². The van der Waals surface area contributed by atoms with Crippen LogP contribution in [0.1, 0.15) is 45.1 Å². The smallest absolute Gasteiger partial charge is 0.269 e. The molecule has 2 aliphatic rings. The highest BCUT2D eigenvalue weighted by molar-refractivity contribution is 6.02. The van der Waals surface area contributed by atoms with Crippen molar-refractivity contribution in [1.29, 1.82) is 0 Å². The van der Waals surface area contributed by atoms with Crippen LogP contribution in [0, 0.1) is 33.8 Å². The molecule has 4 atom stereocenters. The largest absolute Gasteiger partial charge is 0.369 e. The van der Waals surface area contributed by atoms with Crippen molar-refractivity contribution in [2.24, 2.45) is 29.4 Å². The van der Waals surface area contributed by atoms with Crippen LogP contribution in [0.3, 0.4) is 0 Å². The Morgan fingerprint density at radius 1 is 1.26 bits per heavy atom. The summed E-state index contributed by atoms with van der Waals surface area (Å²) in [6, 6.07) is 6.09. The average Bonchev–Trinajstić information content (AvgIpc) is 2.60. The Labute approximate surface area is 158 Å². The molecule has 1 aliphatic carbocycles. The first-order valence-electron chi connectivity index (χ1n) is 9.30. The summed E-state index contributed by atoms with van der Waals surface area (Å²) in [7, 11) is 0. The molecule has 4 unspecified atom stereocenters. The second-order valence-corrected chi connectivity index (χ2v) is 7.89. The van der Waals surface area contributed by atoms with Gasteiger partial charge in [-0.1, -0.05) is 32.9 Å². The second kappa shape index (κ2) is 7.13. The van der Waals surface area contributed by atoms with Crippen molar-refractivity contribution in [3.63, 3.8) is 0 Å². The van der Waals surface area contributed by atoms with Crippen LogP contribution in [0.5, 0.6) is 0 Å². The lowest BCUT2D eigenvalue weighted by molar-refractivity contribution is -0.384. The monoisotopic (exact) mass is 371 g/mol. The molecule has 7 nitrogen and oxygen atoms in total. The van der Waals surface area contributed by atoms with Crippen molar-refractivity contribution < 1.29 is 14.5 Å². The summed E-state index contributed by atoms with van der Waals surface area (Å²) in [5.41, 5.74) is 8.23. The summed E-state index contributed by atoms with van der Waals surface area (Å²) in [6.45, 7) is 6.34. The number of benzene rings is 1. The third kappa shape index (κ3) is 3.34. The standard InChI is InChI=1S/C20H25N3O4/c1-10(2)14-9-4-11(3)15-16(12-5-7-13(8-6-12)23(26)27)17(19(21)24)20(25)22-18(14)15/h5-8,10-11,14,16-17H,4,9H2,1-3H3,(H2,21,24)(H,22,25). The van der Waals surface area contributed by atoms with Crippen molar-refractivity contribution in [3.05, 3.63) is 51.2 Å². The zero-order valence-corrected chi connectivity index (χ0v) is 15.8. The zero-order valence-electron chi connectivity index (χ0n) is 15.8. The minimum Gasteiger partial charge on any atom is -0.369 e. The maximum Gasteiger partial charge on any atom is 0.269 e. The molecule has 1 heterocycles. The van der Waals surface area contributed by atoms with Gasteiger partial charge in [-0.25, -0.2) is 0 Å². The van der Waals surface area contributed by atoms with E-state index in [1.807, 2.05) is 0 Å². The molecular weight excluding hydrogens is 346 g/mol. The van der Waals surface area contributed by atoms with Gasteiger partial charge in [0, 0.05) is 29.7 Å². The summed E-state index contributed by atoms with van der Waals surface area (Å²) in [4.78, 5) is 35.4. The molecule has 0 bridgehead atoms. The Kier molecular flexibility index (Phi) is 5.04. The van der Waals surface area contributed by atoms with Crippen LogP contribution in [0.4, 0.5) is 5.69 Å². The average molecular weight is 371 g/mol.